The minimum absolute atomic E-state index is 0.179. The van der Waals surface area contributed by atoms with Crippen LogP contribution in [-0.4, -0.2) is 22.9 Å². The summed E-state index contributed by atoms with van der Waals surface area (Å²) in [6.45, 7) is 6.77. The molecule has 0 aliphatic rings. The number of rotatable bonds is 8. The lowest BCUT2D eigenvalue weighted by molar-refractivity contribution is 0.0623. The van der Waals surface area contributed by atoms with Gasteiger partial charge in [0.1, 0.15) is 0 Å². The van der Waals surface area contributed by atoms with E-state index >= 15 is 0 Å². The number of hydrogen-bond acceptors (Lipinski definition) is 2. The van der Waals surface area contributed by atoms with Gasteiger partial charge in [0.2, 0.25) is 0 Å². The van der Waals surface area contributed by atoms with E-state index in [0.29, 0.717) is 11.8 Å². The molecule has 2 heteroatoms. The van der Waals surface area contributed by atoms with E-state index in [0.717, 1.165) is 32.1 Å². The topological polar surface area (TPSA) is 40.5 Å². The third-order valence-electron chi connectivity index (χ3n) is 3.25. The number of unbranched alkanes of at least 4 members (excludes halogenated alkanes) is 1. The summed E-state index contributed by atoms with van der Waals surface area (Å²) in [5, 5.41) is 18.6. The van der Waals surface area contributed by atoms with E-state index < -0.39 is 0 Å². The van der Waals surface area contributed by atoms with E-state index in [1.54, 1.807) is 0 Å². The Kier molecular flexibility index (Phi) is 8.20. The van der Waals surface area contributed by atoms with Crippen LogP contribution in [0.1, 0.15) is 52.9 Å². The van der Waals surface area contributed by atoms with Crippen molar-refractivity contribution < 1.29 is 10.2 Å². The third-order valence-corrected chi connectivity index (χ3v) is 3.25. The van der Waals surface area contributed by atoms with Crippen molar-refractivity contribution in [3.05, 3.63) is 0 Å². The molecule has 2 N–H and O–H groups in total. The Morgan fingerprint density at radius 1 is 1.07 bits per heavy atom. The monoisotopic (exact) mass is 202 g/mol. The SMILES string of the molecule is CCC(C)C(CC)C(O)CCCCO. The highest BCUT2D eigenvalue weighted by Crippen LogP contribution is 2.25. The molecule has 0 saturated heterocycles. The highest BCUT2D eigenvalue weighted by Gasteiger charge is 2.21. The van der Waals surface area contributed by atoms with Gasteiger partial charge in [0, 0.05) is 6.61 Å². The zero-order valence-corrected chi connectivity index (χ0v) is 9.87. The molecule has 0 aliphatic heterocycles. The number of aliphatic hydroxyl groups excluding tert-OH is 2. The second-order valence-electron chi connectivity index (χ2n) is 4.24. The van der Waals surface area contributed by atoms with Crippen molar-refractivity contribution in [1.29, 1.82) is 0 Å². The maximum Gasteiger partial charge on any atom is 0.0570 e. The molecule has 0 radical (unpaired) electrons. The maximum absolute atomic E-state index is 9.96. The summed E-state index contributed by atoms with van der Waals surface area (Å²) in [7, 11) is 0. The minimum Gasteiger partial charge on any atom is -0.396 e. The second kappa shape index (κ2) is 8.25. The summed E-state index contributed by atoms with van der Waals surface area (Å²) in [5.41, 5.74) is 0. The van der Waals surface area contributed by atoms with Gasteiger partial charge >= 0.3 is 0 Å². The summed E-state index contributed by atoms with van der Waals surface area (Å²) in [6.07, 6.45) is 4.59. The van der Waals surface area contributed by atoms with Crippen molar-refractivity contribution in [2.45, 2.75) is 59.0 Å². The molecule has 0 saturated carbocycles. The van der Waals surface area contributed by atoms with Gasteiger partial charge in [-0.25, -0.2) is 0 Å². The Balaban J connectivity index is 3.84. The van der Waals surface area contributed by atoms with Crippen molar-refractivity contribution in [3.63, 3.8) is 0 Å². The van der Waals surface area contributed by atoms with Gasteiger partial charge in [-0.15, -0.1) is 0 Å². The lowest BCUT2D eigenvalue weighted by atomic mass is 9.83. The van der Waals surface area contributed by atoms with Gasteiger partial charge in [-0.2, -0.15) is 0 Å². The average molecular weight is 202 g/mol. The molecule has 0 bridgehead atoms. The summed E-state index contributed by atoms with van der Waals surface area (Å²) in [4.78, 5) is 0. The highest BCUT2D eigenvalue weighted by atomic mass is 16.3. The van der Waals surface area contributed by atoms with Crippen molar-refractivity contribution in [3.8, 4) is 0 Å². The van der Waals surface area contributed by atoms with Crippen LogP contribution in [0.3, 0.4) is 0 Å². The smallest absolute Gasteiger partial charge is 0.0570 e. The molecule has 0 rings (SSSR count). The van der Waals surface area contributed by atoms with Crippen LogP contribution in [0.4, 0.5) is 0 Å². The summed E-state index contributed by atoms with van der Waals surface area (Å²) in [6, 6.07) is 0. The van der Waals surface area contributed by atoms with E-state index in [1.807, 2.05) is 0 Å². The van der Waals surface area contributed by atoms with Gasteiger partial charge in [0.25, 0.3) is 0 Å². The van der Waals surface area contributed by atoms with E-state index in [2.05, 4.69) is 20.8 Å². The molecule has 3 atom stereocenters. The van der Waals surface area contributed by atoms with E-state index in [1.165, 1.54) is 0 Å². The molecule has 0 heterocycles. The number of hydrogen-bond donors (Lipinski definition) is 2. The van der Waals surface area contributed by atoms with Gasteiger partial charge in [-0.3, -0.25) is 0 Å². The molecule has 0 amide bonds. The van der Waals surface area contributed by atoms with Crippen LogP contribution in [0.15, 0.2) is 0 Å². The molecule has 0 aromatic heterocycles. The van der Waals surface area contributed by atoms with Crippen LogP contribution >= 0.6 is 0 Å². The fourth-order valence-corrected chi connectivity index (χ4v) is 2.04. The fraction of sp³-hybridized carbons (Fsp3) is 1.00. The molecule has 0 fully saturated rings. The van der Waals surface area contributed by atoms with Crippen LogP contribution in [0.2, 0.25) is 0 Å². The highest BCUT2D eigenvalue weighted by molar-refractivity contribution is 4.72. The largest absolute Gasteiger partial charge is 0.396 e. The Hall–Kier alpha value is -0.0800. The molecule has 86 valence electrons. The van der Waals surface area contributed by atoms with Gasteiger partial charge in [0.05, 0.1) is 6.10 Å². The Morgan fingerprint density at radius 2 is 1.71 bits per heavy atom. The quantitative estimate of drug-likeness (QED) is 0.594. The van der Waals surface area contributed by atoms with Gasteiger partial charge in [-0.1, -0.05) is 33.6 Å². The molecule has 0 spiro atoms. The molecule has 14 heavy (non-hydrogen) atoms. The van der Waals surface area contributed by atoms with Crippen molar-refractivity contribution >= 4 is 0 Å². The van der Waals surface area contributed by atoms with Crippen LogP contribution in [0.25, 0.3) is 0 Å². The zero-order chi connectivity index (χ0) is 11.0. The zero-order valence-electron chi connectivity index (χ0n) is 9.87. The van der Waals surface area contributed by atoms with E-state index in [-0.39, 0.29) is 12.7 Å². The molecular weight excluding hydrogens is 176 g/mol. The summed E-state index contributed by atoms with van der Waals surface area (Å²) < 4.78 is 0. The Labute approximate surface area is 88.3 Å². The first-order chi connectivity index (χ1) is 6.67. The van der Waals surface area contributed by atoms with E-state index in [4.69, 9.17) is 5.11 Å². The first kappa shape index (κ1) is 13.9. The van der Waals surface area contributed by atoms with Crippen LogP contribution < -0.4 is 0 Å². The molecular formula is C12H26O2. The van der Waals surface area contributed by atoms with Gasteiger partial charge in [-0.05, 0) is 31.1 Å². The molecule has 0 aromatic rings. The first-order valence-electron chi connectivity index (χ1n) is 5.96. The van der Waals surface area contributed by atoms with Crippen LogP contribution in [0.5, 0.6) is 0 Å². The lowest BCUT2D eigenvalue weighted by Crippen LogP contribution is -2.25. The lowest BCUT2D eigenvalue weighted by Gasteiger charge is -2.26. The molecule has 3 unspecified atom stereocenters. The minimum atomic E-state index is -0.179. The summed E-state index contributed by atoms with van der Waals surface area (Å²) >= 11 is 0. The van der Waals surface area contributed by atoms with Gasteiger partial charge in [0.15, 0.2) is 0 Å². The predicted octanol–water partition coefficient (Wildman–Crippen LogP) is 2.58. The van der Waals surface area contributed by atoms with Crippen molar-refractivity contribution in [1.82, 2.24) is 0 Å². The van der Waals surface area contributed by atoms with Crippen LogP contribution in [0, 0.1) is 11.8 Å². The van der Waals surface area contributed by atoms with Crippen LogP contribution in [-0.2, 0) is 0 Å². The molecule has 0 aliphatic carbocycles. The normalized spacial score (nSPS) is 17.8. The third kappa shape index (κ3) is 4.97. The molecule has 0 aromatic carbocycles. The van der Waals surface area contributed by atoms with Crippen molar-refractivity contribution in [2.24, 2.45) is 11.8 Å². The standard InChI is InChI=1S/C12H26O2/c1-4-10(3)11(5-2)12(14)8-6-7-9-13/h10-14H,4-9H2,1-3H3. The fourth-order valence-electron chi connectivity index (χ4n) is 2.04. The Bertz CT molecular complexity index is 125. The van der Waals surface area contributed by atoms with E-state index in [9.17, 15) is 5.11 Å². The summed E-state index contributed by atoms with van der Waals surface area (Å²) in [5.74, 6) is 1.03. The average Bonchev–Trinajstić information content (AvgIpc) is 2.19. The van der Waals surface area contributed by atoms with Crippen molar-refractivity contribution in [2.75, 3.05) is 6.61 Å². The molecule has 2 nitrogen and oxygen atoms in total. The Morgan fingerprint density at radius 3 is 2.14 bits per heavy atom. The predicted molar refractivity (Wildman–Crippen MR) is 60.2 cm³/mol. The number of aliphatic hydroxyl groups is 2. The maximum atomic E-state index is 9.96. The first-order valence-corrected chi connectivity index (χ1v) is 5.96. The van der Waals surface area contributed by atoms with Gasteiger partial charge < -0.3 is 10.2 Å². The second-order valence-corrected chi connectivity index (χ2v) is 4.24.